The van der Waals surface area contributed by atoms with Crippen LogP contribution >= 0.6 is 0 Å². The van der Waals surface area contributed by atoms with Crippen molar-refractivity contribution in [2.24, 2.45) is 0 Å². The minimum Gasteiger partial charge on any atom is -0.394 e. The fourth-order valence-corrected chi connectivity index (χ4v) is 2.39. The van der Waals surface area contributed by atoms with Gasteiger partial charge in [-0.3, -0.25) is 4.79 Å². The monoisotopic (exact) mass is 337 g/mol. The van der Waals surface area contributed by atoms with Gasteiger partial charge < -0.3 is 30.4 Å². The molecule has 24 heavy (non-hydrogen) atoms. The minimum absolute atomic E-state index is 0.0933. The molecule has 132 valence electrons. The van der Waals surface area contributed by atoms with E-state index in [-0.39, 0.29) is 5.69 Å². The molecule has 1 aliphatic heterocycles. The Labute approximate surface area is 140 Å². The van der Waals surface area contributed by atoms with Crippen molar-refractivity contribution >= 4 is 5.91 Å². The molecule has 1 aromatic heterocycles. The van der Waals surface area contributed by atoms with Crippen LogP contribution in [0.1, 0.15) is 48.8 Å². The number of imidazole rings is 1. The summed E-state index contributed by atoms with van der Waals surface area (Å²) in [6.45, 7) is 1.66. The summed E-state index contributed by atoms with van der Waals surface area (Å²) in [5, 5.41) is 31.0. The van der Waals surface area contributed by atoms with E-state index in [0.29, 0.717) is 5.69 Å². The molecule has 8 heteroatoms. The fraction of sp³-hybridized carbons (Fsp3) is 0.625. The summed E-state index contributed by atoms with van der Waals surface area (Å²) >= 11 is 0. The summed E-state index contributed by atoms with van der Waals surface area (Å²) in [7, 11) is 0. The fourth-order valence-electron chi connectivity index (χ4n) is 2.39. The van der Waals surface area contributed by atoms with E-state index in [2.05, 4.69) is 34.0 Å². The lowest BCUT2D eigenvalue weighted by molar-refractivity contribution is -0.0305. The van der Waals surface area contributed by atoms with Gasteiger partial charge in [0.2, 0.25) is 0 Å². The van der Waals surface area contributed by atoms with Gasteiger partial charge in [0.1, 0.15) is 24.0 Å². The predicted octanol–water partition coefficient (Wildman–Crippen LogP) is -0.490. The molecule has 2 rings (SSSR count). The second kappa shape index (κ2) is 8.80. The summed E-state index contributed by atoms with van der Waals surface area (Å²) in [5.74, 6) is 5.29. The van der Waals surface area contributed by atoms with E-state index in [9.17, 15) is 15.0 Å². The van der Waals surface area contributed by atoms with Gasteiger partial charge in [0.25, 0.3) is 5.91 Å². The summed E-state index contributed by atoms with van der Waals surface area (Å²) in [6, 6.07) is 0. The molecule has 0 unspecified atom stereocenters. The van der Waals surface area contributed by atoms with Crippen molar-refractivity contribution < 1.29 is 24.9 Å². The molecule has 0 bridgehead atoms. The topological polar surface area (TPSA) is 128 Å². The van der Waals surface area contributed by atoms with Crippen molar-refractivity contribution in [1.29, 1.82) is 0 Å². The van der Waals surface area contributed by atoms with Crippen LogP contribution in [0, 0.1) is 11.8 Å². The standard InChI is InChI=1S/C16H23N3O5/c1-2-3-4-5-6-7-10-12(18-9-17-10)15(23)19-16-14(22)13(21)11(8-20)24-16/h9,11,13-14,16,20-22H,2-5,8H2,1H3,(H,17,18)(H,19,23)/t11-,13-,14-,16-/m1/s1. The third-order valence-electron chi connectivity index (χ3n) is 3.79. The molecular formula is C16H23N3O5. The van der Waals surface area contributed by atoms with Crippen LogP contribution in [0.3, 0.4) is 0 Å². The lowest BCUT2D eigenvalue weighted by Gasteiger charge is -2.15. The highest BCUT2D eigenvalue weighted by Crippen LogP contribution is 2.19. The summed E-state index contributed by atoms with van der Waals surface area (Å²) in [4.78, 5) is 19.0. The Bertz CT molecular complexity index is 606. The number of nitrogens with one attached hydrogen (secondary N) is 2. The lowest BCUT2D eigenvalue weighted by Crippen LogP contribution is -2.44. The third kappa shape index (κ3) is 4.33. The number of carbonyl (C=O) groups excluding carboxylic acids is 1. The van der Waals surface area contributed by atoms with Crippen molar-refractivity contribution in [2.45, 2.75) is 57.1 Å². The first-order valence-electron chi connectivity index (χ1n) is 8.04. The SMILES string of the molecule is CCCCCC#Cc1[nH]cnc1C(=O)N[C@@H]1O[C@H](CO)[C@@H](O)[C@H]1O. The molecule has 1 saturated heterocycles. The zero-order valence-corrected chi connectivity index (χ0v) is 13.5. The number of aliphatic hydroxyl groups is 3. The number of carbonyl (C=O) groups is 1. The Morgan fingerprint density at radius 1 is 1.42 bits per heavy atom. The van der Waals surface area contributed by atoms with Gasteiger partial charge in [-0.25, -0.2) is 4.98 Å². The van der Waals surface area contributed by atoms with Crippen molar-refractivity contribution in [3.63, 3.8) is 0 Å². The van der Waals surface area contributed by atoms with Gasteiger partial charge in [-0.15, -0.1) is 0 Å². The minimum atomic E-state index is -1.33. The van der Waals surface area contributed by atoms with Crippen LogP contribution in [0.2, 0.25) is 0 Å². The maximum absolute atomic E-state index is 12.3. The van der Waals surface area contributed by atoms with E-state index in [1.54, 1.807) is 0 Å². The zero-order valence-electron chi connectivity index (χ0n) is 13.5. The second-order valence-electron chi connectivity index (χ2n) is 5.62. The number of H-pyrrole nitrogens is 1. The average Bonchev–Trinajstić information content (AvgIpc) is 3.14. The van der Waals surface area contributed by atoms with Gasteiger partial charge in [0.05, 0.1) is 12.9 Å². The van der Waals surface area contributed by atoms with E-state index in [4.69, 9.17) is 9.84 Å². The number of ether oxygens (including phenoxy) is 1. The number of aliphatic hydroxyl groups excluding tert-OH is 3. The highest BCUT2D eigenvalue weighted by Gasteiger charge is 2.43. The highest BCUT2D eigenvalue weighted by atomic mass is 16.6. The molecule has 2 heterocycles. The Balaban J connectivity index is 1.97. The lowest BCUT2D eigenvalue weighted by atomic mass is 10.1. The third-order valence-corrected chi connectivity index (χ3v) is 3.79. The molecule has 8 nitrogen and oxygen atoms in total. The van der Waals surface area contributed by atoms with Crippen LogP contribution < -0.4 is 5.32 Å². The highest BCUT2D eigenvalue weighted by molar-refractivity contribution is 5.94. The number of hydrogen-bond acceptors (Lipinski definition) is 6. The molecule has 1 fully saturated rings. The number of rotatable bonds is 6. The van der Waals surface area contributed by atoms with Crippen LogP contribution in [-0.2, 0) is 4.74 Å². The maximum atomic E-state index is 12.3. The van der Waals surface area contributed by atoms with Gasteiger partial charge in [-0.1, -0.05) is 25.7 Å². The number of hydrogen-bond donors (Lipinski definition) is 5. The first-order valence-corrected chi connectivity index (χ1v) is 8.04. The Kier molecular flexibility index (Phi) is 6.75. The molecular weight excluding hydrogens is 314 g/mol. The van der Waals surface area contributed by atoms with Crippen molar-refractivity contribution in [3.8, 4) is 11.8 Å². The van der Waals surface area contributed by atoms with E-state index in [1.807, 2.05) is 0 Å². The van der Waals surface area contributed by atoms with E-state index < -0.39 is 37.1 Å². The van der Waals surface area contributed by atoms with Gasteiger partial charge in [-0.05, 0) is 12.3 Å². The molecule has 0 aliphatic carbocycles. The van der Waals surface area contributed by atoms with E-state index in [1.165, 1.54) is 6.33 Å². The number of nitrogens with zero attached hydrogens (tertiary/aromatic N) is 1. The quantitative estimate of drug-likeness (QED) is 0.352. The van der Waals surface area contributed by atoms with Crippen LogP contribution in [0.25, 0.3) is 0 Å². The van der Waals surface area contributed by atoms with E-state index in [0.717, 1.165) is 25.7 Å². The Hall–Kier alpha value is -1.92. The van der Waals surface area contributed by atoms with Gasteiger partial charge >= 0.3 is 0 Å². The van der Waals surface area contributed by atoms with E-state index >= 15 is 0 Å². The second-order valence-corrected chi connectivity index (χ2v) is 5.62. The molecule has 1 amide bonds. The molecule has 0 saturated carbocycles. The largest absolute Gasteiger partial charge is 0.394 e. The Morgan fingerprint density at radius 2 is 2.21 bits per heavy atom. The van der Waals surface area contributed by atoms with Gasteiger partial charge in [-0.2, -0.15) is 0 Å². The van der Waals surface area contributed by atoms with Crippen LogP contribution in [0.5, 0.6) is 0 Å². The summed E-state index contributed by atoms with van der Waals surface area (Å²) < 4.78 is 5.21. The first-order chi connectivity index (χ1) is 11.6. The van der Waals surface area contributed by atoms with Crippen molar-refractivity contribution in [1.82, 2.24) is 15.3 Å². The number of aromatic amines is 1. The van der Waals surface area contributed by atoms with Crippen molar-refractivity contribution in [2.75, 3.05) is 6.61 Å². The van der Waals surface area contributed by atoms with Gasteiger partial charge in [0.15, 0.2) is 11.9 Å². The average molecular weight is 337 g/mol. The Morgan fingerprint density at radius 3 is 2.88 bits per heavy atom. The number of aromatic nitrogens is 2. The molecule has 1 aliphatic rings. The molecule has 0 aromatic carbocycles. The van der Waals surface area contributed by atoms with Crippen molar-refractivity contribution in [3.05, 3.63) is 17.7 Å². The molecule has 0 radical (unpaired) electrons. The van der Waals surface area contributed by atoms with Gasteiger partial charge in [0, 0.05) is 6.42 Å². The zero-order chi connectivity index (χ0) is 17.5. The van der Waals surface area contributed by atoms with Crippen LogP contribution in [-0.4, -0.2) is 62.3 Å². The molecule has 4 atom stereocenters. The normalized spacial score (nSPS) is 26.0. The molecule has 5 N–H and O–H groups in total. The molecule has 1 aromatic rings. The maximum Gasteiger partial charge on any atom is 0.274 e. The predicted molar refractivity (Wildman–Crippen MR) is 84.8 cm³/mol. The van der Waals surface area contributed by atoms with Crippen LogP contribution in [0.4, 0.5) is 0 Å². The van der Waals surface area contributed by atoms with Crippen LogP contribution in [0.15, 0.2) is 6.33 Å². The number of unbranched alkanes of at least 4 members (excludes halogenated alkanes) is 3. The number of amides is 1. The smallest absolute Gasteiger partial charge is 0.274 e. The molecule has 0 spiro atoms. The summed E-state index contributed by atoms with van der Waals surface area (Å²) in [6.07, 6.45) is 0.673. The summed E-state index contributed by atoms with van der Waals surface area (Å²) in [5.41, 5.74) is 0.478. The first kappa shape index (κ1) is 18.4.